The van der Waals surface area contributed by atoms with Crippen LogP contribution in [0.4, 0.5) is 0 Å². The molecule has 0 radical (unpaired) electrons. The Kier molecular flexibility index (Phi) is 4.50. The molecule has 1 aromatic heterocycles. The number of carboxylic acid groups (broad SMARTS) is 1. The third-order valence-corrected chi connectivity index (χ3v) is 2.71. The van der Waals surface area contributed by atoms with Crippen LogP contribution < -0.4 is 10.1 Å². The molecule has 21 heavy (non-hydrogen) atoms. The maximum absolute atomic E-state index is 11.7. The standard InChI is InChI=1S/C13H14N4O4/c1-21-10-4-2-9(3-5-10)6-14-12(18)8-17-7-11(13(19)20)15-16-17/h2-5,7H,6,8H2,1H3,(H,14,18)(H,19,20). The smallest absolute Gasteiger partial charge is 0.358 e. The molecule has 1 amide bonds. The molecule has 0 spiro atoms. The first kappa shape index (κ1) is 14.5. The first-order valence-corrected chi connectivity index (χ1v) is 6.11. The third kappa shape index (κ3) is 4.03. The molecule has 0 aliphatic rings. The average Bonchev–Trinajstić information content (AvgIpc) is 2.94. The fourth-order valence-corrected chi connectivity index (χ4v) is 1.62. The number of amides is 1. The number of rotatable bonds is 6. The molecule has 110 valence electrons. The van der Waals surface area contributed by atoms with E-state index in [1.54, 1.807) is 19.2 Å². The van der Waals surface area contributed by atoms with Crippen LogP contribution in [0.1, 0.15) is 16.1 Å². The van der Waals surface area contributed by atoms with E-state index in [2.05, 4.69) is 15.6 Å². The molecule has 1 aromatic carbocycles. The van der Waals surface area contributed by atoms with Crippen molar-refractivity contribution in [1.82, 2.24) is 20.3 Å². The van der Waals surface area contributed by atoms with Crippen LogP contribution >= 0.6 is 0 Å². The molecular formula is C13H14N4O4. The highest BCUT2D eigenvalue weighted by Crippen LogP contribution is 2.10. The third-order valence-electron chi connectivity index (χ3n) is 2.71. The van der Waals surface area contributed by atoms with Gasteiger partial charge in [-0.15, -0.1) is 5.10 Å². The van der Waals surface area contributed by atoms with E-state index < -0.39 is 5.97 Å². The highest BCUT2D eigenvalue weighted by atomic mass is 16.5. The van der Waals surface area contributed by atoms with E-state index >= 15 is 0 Å². The molecular weight excluding hydrogens is 276 g/mol. The molecule has 0 fully saturated rings. The first-order valence-electron chi connectivity index (χ1n) is 6.11. The van der Waals surface area contributed by atoms with Gasteiger partial charge in [0, 0.05) is 6.54 Å². The number of carbonyl (C=O) groups is 2. The van der Waals surface area contributed by atoms with Gasteiger partial charge in [0.2, 0.25) is 5.91 Å². The summed E-state index contributed by atoms with van der Waals surface area (Å²) in [6.45, 7) is 0.278. The lowest BCUT2D eigenvalue weighted by molar-refractivity contribution is -0.122. The number of carbonyl (C=O) groups excluding carboxylic acids is 1. The van der Waals surface area contributed by atoms with Crippen LogP contribution in [-0.4, -0.2) is 39.1 Å². The number of hydrogen-bond donors (Lipinski definition) is 2. The van der Waals surface area contributed by atoms with Gasteiger partial charge in [-0.3, -0.25) is 4.79 Å². The Morgan fingerprint density at radius 2 is 2.05 bits per heavy atom. The minimum Gasteiger partial charge on any atom is -0.497 e. The monoisotopic (exact) mass is 290 g/mol. The summed E-state index contributed by atoms with van der Waals surface area (Å²) < 4.78 is 6.21. The van der Waals surface area contributed by atoms with E-state index in [1.807, 2.05) is 12.1 Å². The second kappa shape index (κ2) is 6.51. The molecule has 0 saturated heterocycles. The summed E-state index contributed by atoms with van der Waals surface area (Å²) in [5.41, 5.74) is 0.729. The van der Waals surface area contributed by atoms with Gasteiger partial charge in [0.15, 0.2) is 5.69 Å². The van der Waals surface area contributed by atoms with E-state index in [4.69, 9.17) is 9.84 Å². The van der Waals surface area contributed by atoms with Crippen LogP contribution in [-0.2, 0) is 17.9 Å². The number of methoxy groups -OCH3 is 1. The van der Waals surface area contributed by atoms with Crippen molar-refractivity contribution in [3.8, 4) is 5.75 Å². The van der Waals surface area contributed by atoms with E-state index in [9.17, 15) is 9.59 Å². The van der Waals surface area contributed by atoms with Crippen molar-refractivity contribution in [2.75, 3.05) is 7.11 Å². The second-order valence-corrected chi connectivity index (χ2v) is 4.23. The molecule has 8 nitrogen and oxygen atoms in total. The normalized spacial score (nSPS) is 10.1. The Labute approximate surface area is 120 Å². The van der Waals surface area contributed by atoms with Crippen LogP contribution in [0.3, 0.4) is 0 Å². The van der Waals surface area contributed by atoms with E-state index in [0.29, 0.717) is 6.54 Å². The summed E-state index contributed by atoms with van der Waals surface area (Å²) in [6, 6.07) is 7.30. The summed E-state index contributed by atoms with van der Waals surface area (Å²) in [5.74, 6) is -0.721. The lowest BCUT2D eigenvalue weighted by atomic mass is 10.2. The Morgan fingerprint density at radius 1 is 1.33 bits per heavy atom. The van der Waals surface area contributed by atoms with E-state index in [1.165, 1.54) is 10.9 Å². The number of benzene rings is 1. The molecule has 0 unspecified atom stereocenters. The summed E-state index contributed by atoms with van der Waals surface area (Å²) >= 11 is 0. The average molecular weight is 290 g/mol. The minimum absolute atomic E-state index is 0.0869. The predicted octanol–water partition coefficient (Wildman–Crippen LogP) is 0.301. The molecule has 0 aliphatic carbocycles. The molecule has 2 rings (SSSR count). The van der Waals surface area contributed by atoms with E-state index in [-0.39, 0.29) is 18.1 Å². The summed E-state index contributed by atoms with van der Waals surface area (Å²) in [4.78, 5) is 22.4. The summed E-state index contributed by atoms with van der Waals surface area (Å²) in [7, 11) is 1.58. The summed E-state index contributed by atoms with van der Waals surface area (Å²) in [5, 5.41) is 18.4. The van der Waals surface area contributed by atoms with Crippen LogP contribution in [0.25, 0.3) is 0 Å². The number of ether oxygens (including phenoxy) is 1. The lowest BCUT2D eigenvalue weighted by Gasteiger charge is -2.06. The Bertz CT molecular complexity index is 636. The number of nitrogens with zero attached hydrogens (tertiary/aromatic N) is 3. The number of aromatic nitrogens is 3. The van der Waals surface area contributed by atoms with Crippen molar-refractivity contribution in [2.45, 2.75) is 13.1 Å². The number of carboxylic acids is 1. The molecule has 2 N–H and O–H groups in total. The van der Waals surface area contributed by atoms with Crippen LogP contribution in [0.5, 0.6) is 5.75 Å². The van der Waals surface area contributed by atoms with Gasteiger partial charge < -0.3 is 15.2 Å². The van der Waals surface area contributed by atoms with Crippen molar-refractivity contribution in [2.24, 2.45) is 0 Å². The number of aromatic carboxylic acids is 1. The van der Waals surface area contributed by atoms with Crippen LogP contribution in [0, 0.1) is 0 Å². The fourth-order valence-electron chi connectivity index (χ4n) is 1.62. The Morgan fingerprint density at radius 3 is 2.62 bits per heavy atom. The first-order chi connectivity index (χ1) is 10.1. The van der Waals surface area contributed by atoms with Crippen molar-refractivity contribution in [3.05, 3.63) is 41.7 Å². The highest BCUT2D eigenvalue weighted by Gasteiger charge is 2.10. The van der Waals surface area contributed by atoms with Crippen molar-refractivity contribution in [1.29, 1.82) is 0 Å². The zero-order chi connectivity index (χ0) is 15.2. The van der Waals surface area contributed by atoms with Crippen molar-refractivity contribution >= 4 is 11.9 Å². The molecule has 0 aliphatic heterocycles. The molecule has 0 atom stereocenters. The highest BCUT2D eigenvalue weighted by molar-refractivity contribution is 5.84. The minimum atomic E-state index is -1.18. The fraction of sp³-hybridized carbons (Fsp3) is 0.231. The van der Waals surface area contributed by atoms with Crippen molar-refractivity contribution in [3.63, 3.8) is 0 Å². The van der Waals surface area contributed by atoms with Gasteiger partial charge in [-0.25, -0.2) is 9.48 Å². The molecule has 8 heteroatoms. The van der Waals surface area contributed by atoms with Crippen LogP contribution in [0.15, 0.2) is 30.5 Å². The zero-order valence-corrected chi connectivity index (χ0v) is 11.3. The second-order valence-electron chi connectivity index (χ2n) is 4.23. The number of nitrogens with one attached hydrogen (secondary N) is 1. The Hall–Kier alpha value is -2.90. The largest absolute Gasteiger partial charge is 0.497 e. The summed E-state index contributed by atoms with van der Waals surface area (Å²) in [6.07, 6.45) is 1.20. The Balaban J connectivity index is 1.84. The van der Waals surface area contributed by atoms with Gasteiger partial charge in [0.1, 0.15) is 12.3 Å². The predicted molar refractivity (Wildman–Crippen MR) is 71.8 cm³/mol. The molecule has 2 aromatic rings. The maximum atomic E-state index is 11.7. The zero-order valence-electron chi connectivity index (χ0n) is 11.3. The quantitative estimate of drug-likeness (QED) is 0.792. The van der Waals surface area contributed by atoms with Crippen molar-refractivity contribution < 1.29 is 19.4 Å². The maximum Gasteiger partial charge on any atom is 0.358 e. The van der Waals surface area contributed by atoms with Gasteiger partial charge in [-0.2, -0.15) is 0 Å². The lowest BCUT2D eigenvalue weighted by Crippen LogP contribution is -2.27. The van der Waals surface area contributed by atoms with Gasteiger partial charge in [-0.1, -0.05) is 17.3 Å². The number of hydrogen-bond acceptors (Lipinski definition) is 5. The molecule has 0 saturated carbocycles. The van der Waals surface area contributed by atoms with Gasteiger partial charge in [0.25, 0.3) is 0 Å². The van der Waals surface area contributed by atoms with E-state index in [0.717, 1.165) is 11.3 Å². The van der Waals surface area contributed by atoms with Gasteiger partial charge in [-0.05, 0) is 17.7 Å². The van der Waals surface area contributed by atoms with Crippen LogP contribution in [0.2, 0.25) is 0 Å². The molecule has 1 heterocycles. The van der Waals surface area contributed by atoms with Gasteiger partial charge >= 0.3 is 5.97 Å². The SMILES string of the molecule is COc1ccc(CNC(=O)Cn2cc(C(=O)O)nn2)cc1. The van der Waals surface area contributed by atoms with Gasteiger partial charge in [0.05, 0.1) is 13.3 Å². The topological polar surface area (TPSA) is 106 Å². The molecule has 0 bridgehead atoms.